The van der Waals surface area contributed by atoms with E-state index in [1.165, 1.54) is 0 Å². The number of benzene rings is 3. The Kier molecular flexibility index (Phi) is 8.69. The SMILES string of the molecule is COc1ccc(CCOc2nc(-c3ccc(Cl)c(Cl)c3)n(-c3ccc(NC(=O)CC(C)C)cc3)n2)cc1. The predicted molar refractivity (Wildman–Crippen MR) is 147 cm³/mol. The highest BCUT2D eigenvalue weighted by Crippen LogP contribution is 2.30. The molecular weight excluding hydrogens is 511 g/mol. The molecule has 37 heavy (non-hydrogen) atoms. The molecule has 0 atom stereocenters. The molecule has 0 aliphatic heterocycles. The highest BCUT2D eigenvalue weighted by Gasteiger charge is 2.16. The van der Waals surface area contributed by atoms with E-state index < -0.39 is 0 Å². The number of methoxy groups -OCH3 is 1. The standard InChI is InChI=1S/C28H28Cl2N4O3/c1-18(2)16-26(35)31-21-7-9-22(10-8-21)34-27(20-6-13-24(29)25(30)17-20)32-28(33-34)37-15-14-19-4-11-23(36-3)12-5-19/h4-13,17-18H,14-16H2,1-3H3,(H,31,35). The average Bonchev–Trinajstić information content (AvgIpc) is 3.30. The minimum Gasteiger partial charge on any atom is -0.497 e. The Morgan fingerprint density at radius 2 is 1.73 bits per heavy atom. The Morgan fingerprint density at radius 1 is 1.00 bits per heavy atom. The van der Waals surface area contributed by atoms with Crippen LogP contribution in [0, 0.1) is 5.92 Å². The van der Waals surface area contributed by atoms with Crippen molar-refractivity contribution in [1.29, 1.82) is 0 Å². The lowest BCUT2D eigenvalue weighted by atomic mass is 10.1. The van der Waals surface area contributed by atoms with Crippen molar-refractivity contribution in [2.75, 3.05) is 19.0 Å². The lowest BCUT2D eigenvalue weighted by molar-refractivity contribution is -0.116. The Labute approximate surface area is 226 Å². The first kappa shape index (κ1) is 26.5. The lowest BCUT2D eigenvalue weighted by Crippen LogP contribution is -2.13. The van der Waals surface area contributed by atoms with Gasteiger partial charge in [-0.1, -0.05) is 49.2 Å². The van der Waals surface area contributed by atoms with E-state index in [0.29, 0.717) is 41.0 Å². The monoisotopic (exact) mass is 538 g/mol. The van der Waals surface area contributed by atoms with Gasteiger partial charge in [-0.3, -0.25) is 4.79 Å². The van der Waals surface area contributed by atoms with Crippen LogP contribution in [0.4, 0.5) is 5.69 Å². The van der Waals surface area contributed by atoms with Crippen LogP contribution >= 0.6 is 23.2 Å². The van der Waals surface area contributed by atoms with Crippen molar-refractivity contribution < 1.29 is 14.3 Å². The zero-order valence-electron chi connectivity index (χ0n) is 20.9. The molecule has 0 aliphatic carbocycles. The number of anilines is 1. The molecule has 0 aliphatic rings. The Balaban J connectivity index is 1.56. The van der Waals surface area contributed by atoms with Crippen LogP contribution in [0.15, 0.2) is 66.7 Å². The normalized spacial score (nSPS) is 11.0. The fourth-order valence-electron chi connectivity index (χ4n) is 3.68. The van der Waals surface area contributed by atoms with E-state index in [1.807, 2.05) is 68.4 Å². The van der Waals surface area contributed by atoms with Gasteiger partial charge in [0.2, 0.25) is 5.91 Å². The molecule has 1 aromatic heterocycles. The number of hydrogen-bond donors (Lipinski definition) is 1. The predicted octanol–water partition coefficient (Wildman–Crippen LogP) is 6.86. The van der Waals surface area contributed by atoms with Crippen LogP contribution in [0.25, 0.3) is 17.1 Å². The van der Waals surface area contributed by atoms with E-state index in [0.717, 1.165) is 22.6 Å². The number of carbonyl (C=O) groups excluding carboxylic acids is 1. The van der Waals surface area contributed by atoms with Gasteiger partial charge in [-0.2, -0.15) is 4.98 Å². The highest BCUT2D eigenvalue weighted by molar-refractivity contribution is 6.42. The van der Waals surface area contributed by atoms with E-state index in [1.54, 1.807) is 23.9 Å². The molecule has 4 aromatic rings. The molecule has 0 fully saturated rings. The summed E-state index contributed by atoms with van der Waals surface area (Å²) in [5, 5.41) is 8.38. The minimum atomic E-state index is -0.0208. The summed E-state index contributed by atoms with van der Waals surface area (Å²) < 4.78 is 12.8. The summed E-state index contributed by atoms with van der Waals surface area (Å²) in [5.41, 5.74) is 3.31. The van der Waals surface area contributed by atoms with Gasteiger partial charge in [0.05, 0.1) is 29.4 Å². The van der Waals surface area contributed by atoms with Crippen molar-refractivity contribution >= 4 is 34.8 Å². The number of nitrogens with zero attached hydrogens (tertiary/aromatic N) is 3. The third-order valence-corrected chi connectivity index (χ3v) is 6.27. The minimum absolute atomic E-state index is 0.0208. The fraction of sp³-hybridized carbons (Fsp3) is 0.250. The van der Waals surface area contributed by atoms with Crippen molar-refractivity contribution in [3.8, 4) is 28.8 Å². The zero-order chi connectivity index (χ0) is 26.4. The second-order valence-corrected chi connectivity index (χ2v) is 9.71. The van der Waals surface area contributed by atoms with Crippen LogP contribution in [0.5, 0.6) is 11.8 Å². The van der Waals surface area contributed by atoms with Crippen LogP contribution in [0.3, 0.4) is 0 Å². The van der Waals surface area contributed by atoms with E-state index >= 15 is 0 Å². The lowest BCUT2D eigenvalue weighted by Gasteiger charge is -2.09. The van der Waals surface area contributed by atoms with Gasteiger partial charge in [-0.05, 0) is 66.1 Å². The molecule has 0 radical (unpaired) electrons. The summed E-state index contributed by atoms with van der Waals surface area (Å²) in [4.78, 5) is 16.8. The summed E-state index contributed by atoms with van der Waals surface area (Å²) in [6.45, 7) is 4.42. The number of amides is 1. The summed E-state index contributed by atoms with van der Waals surface area (Å²) in [5.74, 6) is 1.62. The summed E-state index contributed by atoms with van der Waals surface area (Å²) in [6, 6.07) is 20.7. The third-order valence-electron chi connectivity index (χ3n) is 5.54. The molecule has 0 saturated heterocycles. The van der Waals surface area contributed by atoms with E-state index in [-0.39, 0.29) is 17.8 Å². The zero-order valence-corrected chi connectivity index (χ0v) is 22.4. The summed E-state index contributed by atoms with van der Waals surface area (Å²) in [7, 11) is 1.64. The first-order chi connectivity index (χ1) is 17.8. The molecule has 4 rings (SSSR count). The van der Waals surface area contributed by atoms with Crippen molar-refractivity contribution in [3.05, 3.63) is 82.3 Å². The van der Waals surface area contributed by atoms with Gasteiger partial charge < -0.3 is 14.8 Å². The molecule has 1 N–H and O–H groups in total. The van der Waals surface area contributed by atoms with Gasteiger partial charge in [0.25, 0.3) is 0 Å². The van der Waals surface area contributed by atoms with Gasteiger partial charge in [0.15, 0.2) is 5.82 Å². The Bertz CT molecular complexity index is 1350. The highest BCUT2D eigenvalue weighted by atomic mass is 35.5. The number of halogens is 2. The molecule has 7 nitrogen and oxygen atoms in total. The molecule has 0 spiro atoms. The number of rotatable bonds is 10. The van der Waals surface area contributed by atoms with Crippen LogP contribution in [-0.4, -0.2) is 34.4 Å². The molecular formula is C28H28Cl2N4O3. The first-order valence-corrected chi connectivity index (χ1v) is 12.7. The van der Waals surface area contributed by atoms with Crippen LogP contribution in [-0.2, 0) is 11.2 Å². The molecule has 0 saturated carbocycles. The van der Waals surface area contributed by atoms with Crippen molar-refractivity contribution in [3.63, 3.8) is 0 Å². The maximum absolute atomic E-state index is 12.1. The number of ether oxygens (including phenoxy) is 2. The summed E-state index contributed by atoms with van der Waals surface area (Å²) >= 11 is 12.4. The molecule has 1 heterocycles. The maximum Gasteiger partial charge on any atom is 0.336 e. The number of carbonyl (C=O) groups is 1. The topological polar surface area (TPSA) is 78.3 Å². The summed E-state index contributed by atoms with van der Waals surface area (Å²) in [6.07, 6.45) is 1.15. The second-order valence-electron chi connectivity index (χ2n) is 8.90. The van der Waals surface area contributed by atoms with Crippen LogP contribution < -0.4 is 14.8 Å². The fourth-order valence-corrected chi connectivity index (χ4v) is 3.98. The van der Waals surface area contributed by atoms with E-state index in [2.05, 4.69) is 15.4 Å². The van der Waals surface area contributed by atoms with E-state index in [4.69, 9.17) is 32.7 Å². The number of nitrogens with one attached hydrogen (secondary N) is 1. The quantitative estimate of drug-likeness (QED) is 0.238. The van der Waals surface area contributed by atoms with E-state index in [9.17, 15) is 4.79 Å². The molecule has 0 bridgehead atoms. The molecule has 1 amide bonds. The number of hydrogen-bond acceptors (Lipinski definition) is 5. The average molecular weight is 539 g/mol. The molecule has 9 heteroatoms. The van der Waals surface area contributed by atoms with Gasteiger partial charge in [-0.15, -0.1) is 5.10 Å². The van der Waals surface area contributed by atoms with Crippen molar-refractivity contribution in [1.82, 2.24) is 14.8 Å². The Hall–Kier alpha value is -3.55. The van der Waals surface area contributed by atoms with Crippen LogP contribution in [0.2, 0.25) is 10.0 Å². The molecule has 192 valence electrons. The van der Waals surface area contributed by atoms with Gasteiger partial charge in [0.1, 0.15) is 5.75 Å². The van der Waals surface area contributed by atoms with Gasteiger partial charge in [-0.25, -0.2) is 4.68 Å². The van der Waals surface area contributed by atoms with Gasteiger partial charge >= 0.3 is 6.01 Å². The van der Waals surface area contributed by atoms with Crippen molar-refractivity contribution in [2.45, 2.75) is 26.7 Å². The third kappa shape index (κ3) is 7.02. The smallest absolute Gasteiger partial charge is 0.336 e. The van der Waals surface area contributed by atoms with Gasteiger partial charge in [0, 0.05) is 24.1 Å². The molecule has 3 aromatic carbocycles. The largest absolute Gasteiger partial charge is 0.497 e. The first-order valence-electron chi connectivity index (χ1n) is 11.9. The second kappa shape index (κ2) is 12.1. The van der Waals surface area contributed by atoms with Crippen LogP contribution in [0.1, 0.15) is 25.8 Å². The van der Waals surface area contributed by atoms with Crippen molar-refractivity contribution in [2.24, 2.45) is 5.92 Å². The molecule has 0 unspecified atom stereocenters. The maximum atomic E-state index is 12.1. The number of aromatic nitrogens is 3. The Morgan fingerprint density at radius 3 is 2.38 bits per heavy atom.